The first-order chi connectivity index (χ1) is 10.6. The standard InChI is InChI=1S/C16H21N3O3/c17-8-13(15(20)21)18-16(22)19-14-11-5-1-3-9(11)7-10-4-2-6-12(10)14/h7,13H,1-6,8,17H2,(H,20,21)(H2,18,19,22)/t13-/m1/s1. The molecule has 2 aliphatic rings. The van der Waals surface area contributed by atoms with Crippen LogP contribution >= 0.6 is 0 Å². The number of urea groups is 1. The highest BCUT2D eigenvalue weighted by atomic mass is 16.4. The average molecular weight is 303 g/mol. The molecular formula is C16H21N3O3. The second-order valence-corrected chi connectivity index (χ2v) is 5.96. The average Bonchev–Trinajstić information content (AvgIpc) is 3.12. The molecule has 3 rings (SSSR count). The van der Waals surface area contributed by atoms with E-state index in [0.29, 0.717) is 0 Å². The Morgan fingerprint density at radius 2 is 1.73 bits per heavy atom. The van der Waals surface area contributed by atoms with E-state index in [4.69, 9.17) is 10.8 Å². The van der Waals surface area contributed by atoms with Gasteiger partial charge < -0.3 is 21.5 Å². The molecule has 6 nitrogen and oxygen atoms in total. The fourth-order valence-electron chi connectivity index (χ4n) is 3.50. The van der Waals surface area contributed by atoms with Gasteiger partial charge in [-0.25, -0.2) is 9.59 Å². The minimum absolute atomic E-state index is 0.131. The van der Waals surface area contributed by atoms with E-state index in [2.05, 4.69) is 16.7 Å². The number of carbonyl (C=O) groups excluding carboxylic acids is 1. The number of anilines is 1. The number of fused-ring (bicyclic) bond motifs is 2. The zero-order chi connectivity index (χ0) is 15.7. The quantitative estimate of drug-likeness (QED) is 0.670. The molecule has 118 valence electrons. The number of carboxylic acids is 1. The maximum Gasteiger partial charge on any atom is 0.327 e. The van der Waals surface area contributed by atoms with Crippen molar-refractivity contribution in [2.75, 3.05) is 11.9 Å². The number of nitrogens with one attached hydrogen (secondary N) is 2. The van der Waals surface area contributed by atoms with E-state index in [1.807, 2.05) is 0 Å². The number of nitrogens with two attached hydrogens (primary N) is 1. The van der Waals surface area contributed by atoms with Gasteiger partial charge in [0.1, 0.15) is 6.04 Å². The van der Waals surface area contributed by atoms with Gasteiger partial charge in [-0.3, -0.25) is 0 Å². The van der Waals surface area contributed by atoms with Gasteiger partial charge in [-0.15, -0.1) is 0 Å². The highest BCUT2D eigenvalue weighted by molar-refractivity contribution is 5.94. The Kier molecular flexibility index (Phi) is 4.02. The van der Waals surface area contributed by atoms with Crippen molar-refractivity contribution in [1.82, 2.24) is 5.32 Å². The third kappa shape index (κ3) is 2.66. The van der Waals surface area contributed by atoms with Crippen LogP contribution < -0.4 is 16.4 Å². The molecule has 2 aliphatic carbocycles. The number of carbonyl (C=O) groups is 2. The van der Waals surface area contributed by atoms with Crippen LogP contribution in [-0.4, -0.2) is 29.7 Å². The molecule has 0 saturated carbocycles. The third-order valence-corrected chi connectivity index (χ3v) is 4.55. The van der Waals surface area contributed by atoms with Crippen molar-refractivity contribution in [2.45, 2.75) is 44.6 Å². The van der Waals surface area contributed by atoms with Crippen LogP contribution in [0.5, 0.6) is 0 Å². The number of carboxylic acid groups (broad SMARTS) is 1. The van der Waals surface area contributed by atoms with Crippen molar-refractivity contribution in [3.8, 4) is 0 Å². The molecule has 1 aromatic rings. The number of amides is 2. The molecule has 22 heavy (non-hydrogen) atoms. The molecule has 0 heterocycles. The predicted molar refractivity (Wildman–Crippen MR) is 83.1 cm³/mol. The minimum atomic E-state index is -1.12. The van der Waals surface area contributed by atoms with E-state index in [1.165, 1.54) is 22.3 Å². The van der Waals surface area contributed by atoms with Crippen molar-refractivity contribution in [3.63, 3.8) is 0 Å². The summed E-state index contributed by atoms with van der Waals surface area (Å²) in [5, 5.41) is 14.3. The van der Waals surface area contributed by atoms with E-state index >= 15 is 0 Å². The number of benzene rings is 1. The van der Waals surface area contributed by atoms with Gasteiger partial charge in [0.15, 0.2) is 0 Å². The van der Waals surface area contributed by atoms with Gasteiger partial charge in [0.05, 0.1) is 0 Å². The van der Waals surface area contributed by atoms with E-state index in [0.717, 1.165) is 44.2 Å². The van der Waals surface area contributed by atoms with Crippen molar-refractivity contribution in [3.05, 3.63) is 28.3 Å². The van der Waals surface area contributed by atoms with E-state index < -0.39 is 18.0 Å². The molecular weight excluding hydrogens is 282 g/mol. The largest absolute Gasteiger partial charge is 0.480 e. The second kappa shape index (κ2) is 5.96. The number of aliphatic carboxylic acids is 1. The molecule has 0 bridgehead atoms. The fourth-order valence-corrected chi connectivity index (χ4v) is 3.50. The van der Waals surface area contributed by atoms with Gasteiger partial charge in [-0.1, -0.05) is 6.07 Å². The van der Waals surface area contributed by atoms with Crippen LogP contribution in [0.25, 0.3) is 0 Å². The smallest absolute Gasteiger partial charge is 0.327 e. The molecule has 6 heteroatoms. The molecule has 0 spiro atoms. The lowest BCUT2D eigenvalue weighted by molar-refractivity contribution is -0.138. The highest BCUT2D eigenvalue weighted by Gasteiger charge is 2.26. The summed E-state index contributed by atoms with van der Waals surface area (Å²) in [5.74, 6) is -1.12. The molecule has 0 fully saturated rings. The van der Waals surface area contributed by atoms with E-state index in [9.17, 15) is 9.59 Å². The Hall–Kier alpha value is -2.08. The van der Waals surface area contributed by atoms with Gasteiger partial charge in [-0.2, -0.15) is 0 Å². The minimum Gasteiger partial charge on any atom is -0.480 e. The van der Waals surface area contributed by atoms with Crippen molar-refractivity contribution in [2.24, 2.45) is 5.73 Å². The molecule has 5 N–H and O–H groups in total. The van der Waals surface area contributed by atoms with Crippen LogP contribution in [0.2, 0.25) is 0 Å². The molecule has 1 aromatic carbocycles. The van der Waals surface area contributed by atoms with E-state index in [-0.39, 0.29) is 6.54 Å². The molecule has 0 saturated heterocycles. The normalized spacial score (nSPS) is 16.8. The first kappa shape index (κ1) is 14.8. The summed E-state index contributed by atoms with van der Waals surface area (Å²) < 4.78 is 0. The second-order valence-electron chi connectivity index (χ2n) is 5.96. The zero-order valence-corrected chi connectivity index (χ0v) is 12.4. The summed E-state index contributed by atoms with van der Waals surface area (Å²) in [6, 6.07) is 0.727. The first-order valence-corrected chi connectivity index (χ1v) is 7.77. The number of hydrogen-bond acceptors (Lipinski definition) is 3. The van der Waals surface area contributed by atoms with Gasteiger partial charge in [0, 0.05) is 12.2 Å². The van der Waals surface area contributed by atoms with Crippen LogP contribution in [0.1, 0.15) is 35.1 Å². The summed E-state index contributed by atoms with van der Waals surface area (Å²) in [6.45, 7) is -0.131. The van der Waals surface area contributed by atoms with E-state index in [1.54, 1.807) is 0 Å². The Labute approximate surface area is 129 Å². The number of rotatable bonds is 4. The van der Waals surface area contributed by atoms with Crippen LogP contribution in [0.3, 0.4) is 0 Å². The number of hydrogen-bond donors (Lipinski definition) is 4. The third-order valence-electron chi connectivity index (χ3n) is 4.55. The monoisotopic (exact) mass is 303 g/mol. The fraction of sp³-hybridized carbons (Fsp3) is 0.500. The maximum absolute atomic E-state index is 12.1. The van der Waals surface area contributed by atoms with Gasteiger partial charge in [-0.05, 0) is 60.8 Å². The molecule has 0 aliphatic heterocycles. The lowest BCUT2D eigenvalue weighted by Gasteiger charge is -2.18. The lowest BCUT2D eigenvalue weighted by atomic mass is 9.99. The van der Waals surface area contributed by atoms with Gasteiger partial charge in [0.25, 0.3) is 0 Å². The Morgan fingerprint density at radius 1 is 1.14 bits per heavy atom. The van der Waals surface area contributed by atoms with Crippen molar-refractivity contribution < 1.29 is 14.7 Å². The SMILES string of the molecule is NC[C@@H](NC(=O)Nc1c2c(cc3c1CCC3)CCC2)C(=O)O. The van der Waals surface area contributed by atoms with Crippen molar-refractivity contribution >= 4 is 17.7 Å². The highest BCUT2D eigenvalue weighted by Crippen LogP contribution is 2.38. The van der Waals surface area contributed by atoms with Crippen molar-refractivity contribution in [1.29, 1.82) is 0 Å². The zero-order valence-electron chi connectivity index (χ0n) is 12.4. The van der Waals surface area contributed by atoms with Crippen LogP contribution in [0.4, 0.5) is 10.5 Å². The molecule has 0 aromatic heterocycles. The summed E-state index contributed by atoms with van der Waals surface area (Å²) >= 11 is 0. The van der Waals surface area contributed by atoms with Crippen LogP contribution in [-0.2, 0) is 30.5 Å². The van der Waals surface area contributed by atoms with Gasteiger partial charge >= 0.3 is 12.0 Å². The predicted octanol–water partition coefficient (Wildman–Crippen LogP) is 1.20. The maximum atomic E-state index is 12.1. The lowest BCUT2D eigenvalue weighted by Crippen LogP contribution is -2.47. The Bertz CT molecular complexity index is 595. The topological polar surface area (TPSA) is 104 Å². The first-order valence-electron chi connectivity index (χ1n) is 7.77. The molecule has 1 atom stereocenters. The summed E-state index contributed by atoms with van der Waals surface area (Å²) in [5.41, 5.74) is 11.4. The summed E-state index contributed by atoms with van der Waals surface area (Å²) in [7, 11) is 0. The summed E-state index contributed by atoms with van der Waals surface area (Å²) in [6.07, 6.45) is 6.26. The molecule has 0 radical (unpaired) electrons. The Balaban J connectivity index is 1.83. The Morgan fingerprint density at radius 3 is 2.23 bits per heavy atom. The molecule has 2 amide bonds. The molecule has 0 unspecified atom stereocenters. The van der Waals surface area contributed by atoms with Gasteiger partial charge in [0.2, 0.25) is 0 Å². The number of aryl methyl sites for hydroxylation is 2. The van der Waals surface area contributed by atoms with Crippen LogP contribution in [0.15, 0.2) is 6.07 Å². The van der Waals surface area contributed by atoms with Crippen LogP contribution in [0, 0.1) is 0 Å². The summed E-state index contributed by atoms with van der Waals surface area (Å²) in [4.78, 5) is 23.1.